The van der Waals surface area contributed by atoms with Gasteiger partial charge in [-0.25, -0.2) is 4.98 Å². The third kappa shape index (κ3) is 2.98. The molecule has 0 saturated heterocycles. The topological polar surface area (TPSA) is 81.9 Å². The first-order chi connectivity index (χ1) is 15.4. The average molecular weight is 449 g/mol. The predicted molar refractivity (Wildman–Crippen MR) is 122 cm³/mol. The maximum atomic E-state index is 13.6. The fourth-order valence-corrected chi connectivity index (χ4v) is 4.90. The number of aryl methyl sites for hydroxylation is 2. The van der Waals surface area contributed by atoms with Crippen molar-refractivity contribution in [3.8, 4) is 11.5 Å². The molecule has 0 N–H and O–H groups in total. The standard InChI is InChI=1S/C24H20N2O5S/c1-12-5-7-16-15(9-12)21(27)19-20(14-6-8-17(29-3)18(10-14)30-4)26(23(28)22(19)31-16)24-25-13(2)11-32-24/h5-11,20H,1-4H3. The number of carbonyl (C=O) groups is 1. The normalized spacial score (nSPS) is 15.3. The van der Waals surface area contributed by atoms with Crippen molar-refractivity contribution in [3.05, 3.63) is 80.1 Å². The number of fused-ring (bicyclic) bond motifs is 2. The number of ether oxygens (including phenoxy) is 2. The first-order valence-corrected chi connectivity index (χ1v) is 10.9. The third-order valence-electron chi connectivity index (χ3n) is 5.56. The Morgan fingerprint density at radius 1 is 1.03 bits per heavy atom. The zero-order chi connectivity index (χ0) is 22.6. The number of anilines is 1. The van der Waals surface area contributed by atoms with Crippen molar-refractivity contribution in [3.63, 3.8) is 0 Å². The summed E-state index contributed by atoms with van der Waals surface area (Å²) in [5, 5.41) is 2.81. The van der Waals surface area contributed by atoms with Gasteiger partial charge in [-0.05, 0) is 43.7 Å². The summed E-state index contributed by atoms with van der Waals surface area (Å²) in [5.74, 6) is 0.702. The van der Waals surface area contributed by atoms with Gasteiger partial charge in [0.15, 0.2) is 22.1 Å². The maximum Gasteiger partial charge on any atom is 0.297 e. The number of thiazole rings is 1. The summed E-state index contributed by atoms with van der Waals surface area (Å²) < 4.78 is 16.8. The van der Waals surface area contributed by atoms with E-state index in [1.807, 2.05) is 31.4 Å². The van der Waals surface area contributed by atoms with E-state index in [0.717, 1.165) is 11.3 Å². The monoisotopic (exact) mass is 448 g/mol. The maximum absolute atomic E-state index is 13.6. The molecule has 8 heteroatoms. The van der Waals surface area contributed by atoms with Crippen molar-refractivity contribution in [2.45, 2.75) is 19.9 Å². The fourth-order valence-electron chi connectivity index (χ4n) is 4.07. The molecule has 2 aromatic heterocycles. The lowest BCUT2D eigenvalue weighted by Crippen LogP contribution is -2.29. The largest absolute Gasteiger partial charge is 0.493 e. The summed E-state index contributed by atoms with van der Waals surface area (Å²) in [6.07, 6.45) is 0. The van der Waals surface area contributed by atoms with E-state index in [4.69, 9.17) is 13.9 Å². The summed E-state index contributed by atoms with van der Waals surface area (Å²) in [6.45, 7) is 3.77. The van der Waals surface area contributed by atoms with Gasteiger partial charge in [0.1, 0.15) is 5.58 Å². The number of rotatable bonds is 4. The molecule has 4 aromatic rings. The molecule has 0 aliphatic carbocycles. The third-order valence-corrected chi connectivity index (χ3v) is 6.52. The molecule has 1 amide bonds. The van der Waals surface area contributed by atoms with Crippen LogP contribution in [-0.2, 0) is 0 Å². The Balaban J connectivity index is 1.81. The Labute approximate surface area is 187 Å². The first kappa shape index (κ1) is 20.3. The van der Waals surface area contributed by atoms with Crippen LogP contribution in [0.25, 0.3) is 11.0 Å². The number of hydrogen-bond donors (Lipinski definition) is 0. The van der Waals surface area contributed by atoms with E-state index in [0.29, 0.717) is 38.7 Å². The minimum Gasteiger partial charge on any atom is -0.493 e. The Morgan fingerprint density at radius 2 is 1.81 bits per heavy atom. The number of nitrogens with zero attached hydrogens (tertiary/aromatic N) is 2. The van der Waals surface area contributed by atoms with Crippen LogP contribution in [0.15, 0.2) is 51.0 Å². The van der Waals surface area contributed by atoms with Crippen LogP contribution in [0.5, 0.6) is 11.5 Å². The molecule has 0 saturated carbocycles. The first-order valence-electron chi connectivity index (χ1n) is 9.98. The molecule has 0 bridgehead atoms. The van der Waals surface area contributed by atoms with Gasteiger partial charge in [0.25, 0.3) is 5.91 Å². The summed E-state index contributed by atoms with van der Waals surface area (Å²) >= 11 is 1.34. The van der Waals surface area contributed by atoms with Crippen LogP contribution in [0, 0.1) is 13.8 Å². The molecule has 0 spiro atoms. The number of carbonyl (C=O) groups excluding carboxylic acids is 1. The molecule has 5 rings (SSSR count). The van der Waals surface area contributed by atoms with Crippen molar-refractivity contribution < 1.29 is 18.7 Å². The molecule has 32 heavy (non-hydrogen) atoms. The summed E-state index contributed by atoms with van der Waals surface area (Å²) in [7, 11) is 3.10. The number of amides is 1. The second kappa shape index (κ2) is 7.49. The van der Waals surface area contributed by atoms with Gasteiger partial charge in [0, 0.05) is 5.38 Å². The molecule has 1 aliphatic heterocycles. The Morgan fingerprint density at radius 3 is 2.50 bits per heavy atom. The molecule has 0 fully saturated rings. The summed E-state index contributed by atoms with van der Waals surface area (Å²) in [6, 6.07) is 10.0. The summed E-state index contributed by atoms with van der Waals surface area (Å²) in [4.78, 5) is 33.2. The van der Waals surface area contributed by atoms with E-state index in [1.54, 1.807) is 38.5 Å². The highest BCUT2D eigenvalue weighted by atomic mass is 32.1. The molecule has 162 valence electrons. The highest BCUT2D eigenvalue weighted by molar-refractivity contribution is 7.14. The second-order valence-electron chi connectivity index (χ2n) is 7.64. The average Bonchev–Trinajstić information content (AvgIpc) is 3.34. The summed E-state index contributed by atoms with van der Waals surface area (Å²) in [5.41, 5.74) is 2.88. The van der Waals surface area contributed by atoms with Crippen LogP contribution in [-0.4, -0.2) is 25.1 Å². The Hall–Kier alpha value is -3.65. The zero-order valence-corrected chi connectivity index (χ0v) is 18.8. The highest BCUT2D eigenvalue weighted by Crippen LogP contribution is 2.44. The van der Waals surface area contributed by atoms with Crippen molar-refractivity contribution in [1.29, 1.82) is 0 Å². The minimum atomic E-state index is -0.705. The highest BCUT2D eigenvalue weighted by Gasteiger charge is 2.45. The molecule has 1 aliphatic rings. The van der Waals surface area contributed by atoms with Crippen molar-refractivity contribution in [2.75, 3.05) is 19.1 Å². The number of aromatic nitrogens is 1. The van der Waals surface area contributed by atoms with Gasteiger partial charge >= 0.3 is 0 Å². The molecular weight excluding hydrogens is 428 g/mol. The lowest BCUT2D eigenvalue weighted by Gasteiger charge is -2.23. The lowest BCUT2D eigenvalue weighted by atomic mass is 9.98. The van der Waals surface area contributed by atoms with Crippen LogP contribution in [0.2, 0.25) is 0 Å². The molecule has 2 aromatic carbocycles. The van der Waals surface area contributed by atoms with Gasteiger partial charge < -0.3 is 13.9 Å². The second-order valence-corrected chi connectivity index (χ2v) is 8.47. The number of benzene rings is 2. The van der Waals surface area contributed by atoms with Crippen molar-refractivity contribution >= 4 is 33.3 Å². The van der Waals surface area contributed by atoms with Crippen LogP contribution in [0.1, 0.15) is 39.0 Å². The van der Waals surface area contributed by atoms with Gasteiger partial charge in [-0.3, -0.25) is 14.5 Å². The Bertz CT molecular complexity index is 1440. The van der Waals surface area contributed by atoms with Crippen LogP contribution in [0.4, 0.5) is 5.13 Å². The molecule has 7 nitrogen and oxygen atoms in total. The number of hydrogen-bond acceptors (Lipinski definition) is 7. The quantitative estimate of drug-likeness (QED) is 0.453. The lowest BCUT2D eigenvalue weighted by molar-refractivity contribution is 0.0971. The van der Waals surface area contributed by atoms with Crippen LogP contribution >= 0.6 is 11.3 Å². The SMILES string of the molecule is COc1ccc(C2c3c(oc4ccc(C)cc4c3=O)C(=O)N2c2nc(C)cs2)cc1OC. The number of methoxy groups -OCH3 is 2. The van der Waals surface area contributed by atoms with Gasteiger partial charge in [-0.1, -0.05) is 17.7 Å². The van der Waals surface area contributed by atoms with Gasteiger partial charge in [-0.15, -0.1) is 11.3 Å². The predicted octanol–water partition coefficient (Wildman–Crippen LogP) is 4.63. The van der Waals surface area contributed by atoms with Gasteiger partial charge in [0.05, 0.1) is 36.9 Å². The van der Waals surface area contributed by atoms with E-state index in [-0.39, 0.29) is 11.2 Å². The Kier molecular flexibility index (Phi) is 4.74. The van der Waals surface area contributed by atoms with Crippen LogP contribution < -0.4 is 19.8 Å². The van der Waals surface area contributed by atoms with E-state index in [2.05, 4.69) is 4.98 Å². The van der Waals surface area contributed by atoms with E-state index >= 15 is 0 Å². The molecule has 3 heterocycles. The van der Waals surface area contributed by atoms with E-state index < -0.39 is 11.9 Å². The van der Waals surface area contributed by atoms with E-state index in [1.165, 1.54) is 16.2 Å². The van der Waals surface area contributed by atoms with Gasteiger partial charge in [0.2, 0.25) is 5.76 Å². The van der Waals surface area contributed by atoms with Crippen LogP contribution in [0.3, 0.4) is 0 Å². The fraction of sp³-hybridized carbons (Fsp3) is 0.208. The molecule has 1 atom stereocenters. The van der Waals surface area contributed by atoms with Crippen molar-refractivity contribution in [2.24, 2.45) is 0 Å². The van der Waals surface area contributed by atoms with Gasteiger partial charge in [-0.2, -0.15) is 0 Å². The minimum absolute atomic E-state index is 0.0407. The molecule has 1 unspecified atom stereocenters. The molecular formula is C24H20N2O5S. The van der Waals surface area contributed by atoms with Crippen molar-refractivity contribution in [1.82, 2.24) is 4.98 Å². The smallest absolute Gasteiger partial charge is 0.297 e. The zero-order valence-electron chi connectivity index (χ0n) is 18.0. The molecule has 0 radical (unpaired) electrons. The van der Waals surface area contributed by atoms with E-state index in [9.17, 15) is 9.59 Å².